The van der Waals surface area contributed by atoms with Crippen molar-refractivity contribution < 1.29 is 4.79 Å². The van der Waals surface area contributed by atoms with E-state index in [0.29, 0.717) is 0 Å². The summed E-state index contributed by atoms with van der Waals surface area (Å²) in [7, 11) is 0. The number of aromatic nitrogens is 3. The minimum atomic E-state index is 0.0286. The Labute approximate surface area is 173 Å². The minimum Gasteiger partial charge on any atom is -0.342 e. The van der Waals surface area contributed by atoms with Crippen LogP contribution in [-0.4, -0.2) is 51.9 Å². The highest BCUT2D eigenvalue weighted by Crippen LogP contribution is 2.34. The van der Waals surface area contributed by atoms with Crippen molar-refractivity contribution >= 4 is 11.9 Å². The van der Waals surface area contributed by atoms with E-state index in [-0.39, 0.29) is 17.7 Å². The third-order valence-corrected chi connectivity index (χ3v) is 6.03. The monoisotopic (exact) mass is 393 g/mol. The van der Waals surface area contributed by atoms with Gasteiger partial charge in [-0.25, -0.2) is 9.97 Å². The number of carbonyl (C=O) groups excluding carboxylic acids is 1. The van der Waals surface area contributed by atoms with Gasteiger partial charge in [-0.05, 0) is 38.2 Å². The molecule has 4 heterocycles. The number of rotatable bonds is 4. The van der Waals surface area contributed by atoms with Gasteiger partial charge in [-0.3, -0.25) is 9.78 Å². The smallest absolute Gasteiger partial charge is 0.225 e. The van der Waals surface area contributed by atoms with E-state index in [1.54, 1.807) is 6.20 Å². The predicted molar refractivity (Wildman–Crippen MR) is 115 cm³/mol. The lowest BCUT2D eigenvalue weighted by Gasteiger charge is -2.35. The summed E-state index contributed by atoms with van der Waals surface area (Å²) >= 11 is 0. The van der Waals surface area contributed by atoms with Crippen molar-refractivity contribution in [3.8, 4) is 11.1 Å². The van der Waals surface area contributed by atoms with Crippen LogP contribution in [0.5, 0.6) is 0 Å². The molecule has 0 N–H and O–H groups in total. The number of amides is 1. The van der Waals surface area contributed by atoms with Gasteiger partial charge in [0.1, 0.15) is 0 Å². The van der Waals surface area contributed by atoms with Crippen LogP contribution in [-0.2, 0) is 4.79 Å². The Hall–Kier alpha value is -2.50. The second-order valence-corrected chi connectivity index (χ2v) is 8.54. The van der Waals surface area contributed by atoms with Crippen LogP contribution in [0.4, 0.5) is 5.95 Å². The van der Waals surface area contributed by atoms with E-state index >= 15 is 0 Å². The van der Waals surface area contributed by atoms with Gasteiger partial charge in [0.25, 0.3) is 0 Å². The molecule has 0 saturated carbocycles. The largest absolute Gasteiger partial charge is 0.342 e. The maximum absolute atomic E-state index is 12.6. The second-order valence-electron chi connectivity index (χ2n) is 8.54. The average molecular weight is 394 g/mol. The van der Waals surface area contributed by atoms with Gasteiger partial charge in [0.2, 0.25) is 11.9 Å². The van der Waals surface area contributed by atoms with Crippen molar-refractivity contribution in [1.82, 2.24) is 19.9 Å². The Kier molecular flexibility index (Phi) is 6.07. The Morgan fingerprint density at radius 1 is 1.10 bits per heavy atom. The van der Waals surface area contributed by atoms with E-state index in [1.165, 1.54) is 19.3 Å². The summed E-state index contributed by atoms with van der Waals surface area (Å²) < 4.78 is 0. The summed E-state index contributed by atoms with van der Waals surface area (Å²) in [5.74, 6) is 1.33. The zero-order valence-electron chi connectivity index (χ0n) is 17.5. The number of anilines is 1. The highest BCUT2D eigenvalue weighted by Gasteiger charge is 2.29. The first kappa shape index (κ1) is 19.8. The van der Waals surface area contributed by atoms with Crippen molar-refractivity contribution in [2.24, 2.45) is 5.92 Å². The SMILES string of the molecule is CC(C)C(=O)N1CCCC(c2nc(N3CCCCC3)ncc2-c2cccnc2)C1. The zero-order valence-corrected chi connectivity index (χ0v) is 17.5. The summed E-state index contributed by atoms with van der Waals surface area (Å²) in [5, 5.41) is 0. The van der Waals surface area contributed by atoms with Gasteiger partial charge < -0.3 is 9.80 Å². The molecule has 6 heteroatoms. The fourth-order valence-corrected chi connectivity index (χ4v) is 4.45. The van der Waals surface area contributed by atoms with Gasteiger partial charge in [0.05, 0.1) is 5.69 Å². The first-order valence-corrected chi connectivity index (χ1v) is 10.9. The fraction of sp³-hybridized carbons (Fsp3) is 0.565. The number of hydrogen-bond donors (Lipinski definition) is 0. The van der Waals surface area contributed by atoms with Crippen molar-refractivity contribution in [1.29, 1.82) is 0 Å². The predicted octanol–water partition coefficient (Wildman–Crippen LogP) is 3.89. The van der Waals surface area contributed by atoms with Gasteiger partial charge in [0, 0.05) is 67.7 Å². The standard InChI is InChI=1S/C23H31N5O/c1-17(2)22(29)28-13-7-9-19(16-28)21-20(18-8-6-10-24-14-18)15-25-23(26-21)27-11-4-3-5-12-27/h6,8,10,14-15,17,19H,3-5,7,9,11-13,16H2,1-2H3. The van der Waals surface area contributed by atoms with Gasteiger partial charge >= 0.3 is 0 Å². The first-order valence-electron chi connectivity index (χ1n) is 10.9. The number of carbonyl (C=O) groups is 1. The van der Waals surface area contributed by atoms with Crippen LogP contribution in [0.3, 0.4) is 0 Å². The molecule has 1 unspecified atom stereocenters. The highest BCUT2D eigenvalue weighted by molar-refractivity contribution is 5.78. The Bertz CT molecular complexity index is 832. The molecule has 2 saturated heterocycles. The summed E-state index contributed by atoms with van der Waals surface area (Å²) in [6, 6.07) is 4.02. The third kappa shape index (κ3) is 4.41. The molecule has 2 aliphatic heterocycles. The molecule has 0 bridgehead atoms. The van der Waals surface area contributed by atoms with Gasteiger partial charge in [-0.2, -0.15) is 0 Å². The number of nitrogens with zero attached hydrogens (tertiary/aromatic N) is 5. The molecule has 4 rings (SSSR count). The van der Waals surface area contributed by atoms with E-state index in [0.717, 1.165) is 61.8 Å². The molecule has 2 aromatic heterocycles. The van der Waals surface area contributed by atoms with Gasteiger partial charge in [0.15, 0.2) is 0 Å². The lowest BCUT2D eigenvalue weighted by atomic mass is 9.90. The van der Waals surface area contributed by atoms with E-state index in [2.05, 4.69) is 16.0 Å². The van der Waals surface area contributed by atoms with E-state index in [4.69, 9.17) is 9.97 Å². The van der Waals surface area contributed by atoms with Crippen molar-refractivity contribution in [3.63, 3.8) is 0 Å². The number of likely N-dealkylation sites (tertiary alicyclic amines) is 1. The van der Waals surface area contributed by atoms with Crippen LogP contribution in [0.2, 0.25) is 0 Å². The minimum absolute atomic E-state index is 0.0286. The Morgan fingerprint density at radius 2 is 1.93 bits per heavy atom. The first-order chi connectivity index (χ1) is 14.1. The van der Waals surface area contributed by atoms with E-state index < -0.39 is 0 Å². The molecule has 29 heavy (non-hydrogen) atoms. The summed E-state index contributed by atoms with van der Waals surface area (Å²) in [6.07, 6.45) is 11.4. The maximum Gasteiger partial charge on any atom is 0.225 e. The molecule has 2 aromatic rings. The lowest BCUT2D eigenvalue weighted by Crippen LogP contribution is -2.41. The Balaban J connectivity index is 1.69. The normalized spacial score (nSPS) is 20.2. The molecular formula is C23H31N5O. The topological polar surface area (TPSA) is 62.2 Å². The molecule has 2 fully saturated rings. The van der Waals surface area contributed by atoms with Gasteiger partial charge in [-0.1, -0.05) is 19.9 Å². The van der Waals surface area contributed by atoms with Crippen molar-refractivity contribution in [2.45, 2.75) is 51.9 Å². The molecule has 0 aliphatic carbocycles. The van der Waals surface area contributed by atoms with Gasteiger partial charge in [-0.15, -0.1) is 0 Å². The lowest BCUT2D eigenvalue weighted by molar-refractivity contribution is -0.135. The van der Waals surface area contributed by atoms with Crippen molar-refractivity contribution in [2.75, 3.05) is 31.1 Å². The summed E-state index contributed by atoms with van der Waals surface area (Å²) in [6.45, 7) is 7.58. The van der Waals surface area contributed by atoms with Crippen LogP contribution in [0, 0.1) is 5.92 Å². The molecule has 6 nitrogen and oxygen atoms in total. The molecular weight excluding hydrogens is 362 g/mol. The van der Waals surface area contributed by atoms with Crippen LogP contribution < -0.4 is 4.90 Å². The average Bonchev–Trinajstić information content (AvgIpc) is 2.79. The van der Waals surface area contributed by atoms with Crippen LogP contribution in [0.1, 0.15) is 57.6 Å². The summed E-state index contributed by atoms with van der Waals surface area (Å²) in [5.41, 5.74) is 3.15. The van der Waals surface area contributed by atoms with Crippen LogP contribution in [0.25, 0.3) is 11.1 Å². The number of pyridine rings is 1. The maximum atomic E-state index is 12.6. The fourth-order valence-electron chi connectivity index (χ4n) is 4.45. The molecule has 1 amide bonds. The second kappa shape index (κ2) is 8.89. The number of piperidine rings is 2. The Morgan fingerprint density at radius 3 is 2.66 bits per heavy atom. The molecule has 2 aliphatic rings. The van der Waals surface area contributed by atoms with Crippen LogP contribution >= 0.6 is 0 Å². The van der Waals surface area contributed by atoms with Crippen LogP contribution in [0.15, 0.2) is 30.7 Å². The molecule has 0 radical (unpaired) electrons. The number of hydrogen-bond acceptors (Lipinski definition) is 5. The zero-order chi connectivity index (χ0) is 20.2. The molecule has 0 aromatic carbocycles. The third-order valence-electron chi connectivity index (χ3n) is 6.03. The van der Waals surface area contributed by atoms with Crippen molar-refractivity contribution in [3.05, 3.63) is 36.4 Å². The molecule has 0 spiro atoms. The molecule has 154 valence electrons. The molecule has 1 atom stereocenters. The van der Waals surface area contributed by atoms with E-state index in [1.807, 2.05) is 37.2 Å². The summed E-state index contributed by atoms with van der Waals surface area (Å²) in [4.78, 5) is 31.0. The highest BCUT2D eigenvalue weighted by atomic mass is 16.2. The van der Waals surface area contributed by atoms with E-state index in [9.17, 15) is 4.79 Å². The quantitative estimate of drug-likeness (QED) is 0.789.